The minimum absolute atomic E-state index is 0.0979. The molecule has 1 unspecified atom stereocenters. The summed E-state index contributed by atoms with van der Waals surface area (Å²) in [5.41, 5.74) is 1.97. The molecule has 2 heteroatoms. The average molecular weight is 222 g/mol. The van der Waals surface area contributed by atoms with Crippen LogP contribution in [0.5, 0.6) is 5.75 Å². The largest absolute Gasteiger partial charge is 0.497 e. The lowest BCUT2D eigenvalue weighted by Gasteiger charge is -2.30. The summed E-state index contributed by atoms with van der Waals surface area (Å²) in [6, 6.07) is 5.82. The van der Waals surface area contributed by atoms with Gasteiger partial charge in [0.1, 0.15) is 5.75 Å². The van der Waals surface area contributed by atoms with E-state index >= 15 is 0 Å². The first-order chi connectivity index (χ1) is 7.42. The van der Waals surface area contributed by atoms with Crippen molar-refractivity contribution in [3.8, 4) is 5.75 Å². The van der Waals surface area contributed by atoms with Gasteiger partial charge in [-0.15, -0.1) is 0 Å². The van der Waals surface area contributed by atoms with E-state index in [1.54, 1.807) is 7.11 Å². The predicted molar refractivity (Wildman–Crippen MR) is 66.8 cm³/mol. The zero-order valence-corrected chi connectivity index (χ0v) is 10.9. The minimum Gasteiger partial charge on any atom is -0.497 e. The Labute approximate surface area is 98.3 Å². The molecule has 1 aromatic carbocycles. The maximum Gasteiger partial charge on any atom is 0.119 e. The van der Waals surface area contributed by atoms with Crippen molar-refractivity contribution in [2.24, 2.45) is 5.41 Å². The molecule has 0 radical (unpaired) electrons. The number of hydrogen-bond acceptors (Lipinski definition) is 2. The van der Waals surface area contributed by atoms with Crippen molar-refractivity contribution in [1.82, 2.24) is 0 Å². The standard InChI is InChI=1S/C14H22O2/c1-6-14(3,4)13(15)12-8-7-11(16-5)9-10(12)2/h7-9,13,15H,6H2,1-5H3. The lowest BCUT2D eigenvalue weighted by atomic mass is 9.79. The number of rotatable bonds is 4. The van der Waals surface area contributed by atoms with Gasteiger partial charge in [0.05, 0.1) is 13.2 Å². The van der Waals surface area contributed by atoms with Crippen molar-refractivity contribution in [2.75, 3.05) is 7.11 Å². The highest BCUT2D eigenvalue weighted by molar-refractivity contribution is 5.36. The van der Waals surface area contributed by atoms with Crippen LogP contribution in [-0.2, 0) is 0 Å². The molecule has 0 fully saturated rings. The van der Waals surface area contributed by atoms with Crippen LogP contribution in [0.2, 0.25) is 0 Å². The molecule has 0 saturated carbocycles. The van der Waals surface area contributed by atoms with Crippen LogP contribution >= 0.6 is 0 Å². The quantitative estimate of drug-likeness (QED) is 0.845. The van der Waals surface area contributed by atoms with E-state index in [0.29, 0.717) is 0 Å². The van der Waals surface area contributed by atoms with Gasteiger partial charge in [0, 0.05) is 0 Å². The van der Waals surface area contributed by atoms with Crippen molar-refractivity contribution >= 4 is 0 Å². The predicted octanol–water partition coefficient (Wildman–Crippen LogP) is 3.47. The minimum atomic E-state index is -0.427. The SMILES string of the molecule is CCC(C)(C)C(O)c1ccc(OC)cc1C. The van der Waals surface area contributed by atoms with Crippen LogP contribution in [-0.4, -0.2) is 12.2 Å². The first-order valence-electron chi connectivity index (χ1n) is 5.75. The number of aliphatic hydroxyl groups excluding tert-OH is 1. The van der Waals surface area contributed by atoms with Crippen molar-refractivity contribution in [2.45, 2.75) is 40.2 Å². The van der Waals surface area contributed by atoms with Crippen LogP contribution < -0.4 is 4.74 Å². The second-order valence-corrected chi connectivity index (χ2v) is 4.97. The molecule has 1 N–H and O–H groups in total. The van der Waals surface area contributed by atoms with Crippen LogP contribution in [0.1, 0.15) is 44.4 Å². The number of hydrogen-bond donors (Lipinski definition) is 1. The van der Waals surface area contributed by atoms with E-state index in [9.17, 15) is 5.11 Å². The van der Waals surface area contributed by atoms with Crippen LogP contribution in [0.3, 0.4) is 0 Å². The maximum absolute atomic E-state index is 10.4. The molecule has 1 atom stereocenters. The Bertz CT molecular complexity index is 356. The molecule has 90 valence electrons. The summed E-state index contributed by atoms with van der Waals surface area (Å²) in [5.74, 6) is 0.836. The Kier molecular flexibility index (Phi) is 3.98. The van der Waals surface area contributed by atoms with E-state index in [1.807, 2.05) is 25.1 Å². The first kappa shape index (κ1) is 13.0. The molecule has 0 heterocycles. The Morgan fingerprint density at radius 3 is 2.44 bits per heavy atom. The normalized spacial score (nSPS) is 13.6. The fourth-order valence-electron chi connectivity index (χ4n) is 1.70. The molecule has 0 aromatic heterocycles. The van der Waals surface area contributed by atoms with Crippen LogP contribution in [0, 0.1) is 12.3 Å². The second kappa shape index (κ2) is 4.88. The number of methoxy groups -OCH3 is 1. The lowest BCUT2D eigenvalue weighted by molar-refractivity contribution is 0.0460. The van der Waals surface area contributed by atoms with E-state index in [4.69, 9.17) is 4.74 Å². The summed E-state index contributed by atoms with van der Waals surface area (Å²) in [6.07, 6.45) is 0.517. The van der Waals surface area contributed by atoms with Crippen LogP contribution in [0.4, 0.5) is 0 Å². The van der Waals surface area contributed by atoms with Gasteiger partial charge in [0.25, 0.3) is 0 Å². The Morgan fingerprint density at radius 2 is 2.00 bits per heavy atom. The van der Waals surface area contributed by atoms with Gasteiger partial charge in [-0.1, -0.05) is 26.8 Å². The molecule has 0 aliphatic carbocycles. The summed E-state index contributed by atoms with van der Waals surface area (Å²) in [4.78, 5) is 0. The molecule has 0 bridgehead atoms. The third kappa shape index (κ3) is 2.56. The summed E-state index contributed by atoms with van der Waals surface area (Å²) < 4.78 is 5.16. The fourth-order valence-corrected chi connectivity index (χ4v) is 1.70. The molecule has 0 aliphatic rings. The smallest absolute Gasteiger partial charge is 0.119 e. The van der Waals surface area contributed by atoms with E-state index in [-0.39, 0.29) is 5.41 Å². The molecule has 1 rings (SSSR count). The monoisotopic (exact) mass is 222 g/mol. The van der Waals surface area contributed by atoms with Crippen LogP contribution in [0.15, 0.2) is 18.2 Å². The average Bonchev–Trinajstić information content (AvgIpc) is 2.28. The van der Waals surface area contributed by atoms with E-state index in [2.05, 4.69) is 20.8 Å². The van der Waals surface area contributed by atoms with E-state index < -0.39 is 6.10 Å². The van der Waals surface area contributed by atoms with Gasteiger partial charge in [-0.05, 0) is 42.0 Å². The molecule has 0 spiro atoms. The molecular formula is C14H22O2. The summed E-state index contributed by atoms with van der Waals surface area (Å²) in [5, 5.41) is 10.4. The topological polar surface area (TPSA) is 29.5 Å². The molecule has 0 aliphatic heterocycles. The van der Waals surface area contributed by atoms with Gasteiger partial charge < -0.3 is 9.84 Å². The number of benzene rings is 1. The van der Waals surface area contributed by atoms with Gasteiger partial charge >= 0.3 is 0 Å². The summed E-state index contributed by atoms with van der Waals surface area (Å²) >= 11 is 0. The third-order valence-corrected chi connectivity index (χ3v) is 3.42. The summed E-state index contributed by atoms with van der Waals surface area (Å²) in [6.45, 7) is 8.28. The first-order valence-corrected chi connectivity index (χ1v) is 5.75. The molecule has 16 heavy (non-hydrogen) atoms. The zero-order chi connectivity index (χ0) is 12.3. The Morgan fingerprint density at radius 1 is 1.38 bits per heavy atom. The molecular weight excluding hydrogens is 200 g/mol. The zero-order valence-electron chi connectivity index (χ0n) is 10.9. The second-order valence-electron chi connectivity index (χ2n) is 4.97. The van der Waals surface area contributed by atoms with E-state index in [1.165, 1.54) is 0 Å². The highest BCUT2D eigenvalue weighted by atomic mass is 16.5. The Balaban J connectivity index is 3.05. The fraction of sp³-hybridized carbons (Fsp3) is 0.571. The number of ether oxygens (including phenoxy) is 1. The van der Waals surface area contributed by atoms with Gasteiger partial charge in [-0.2, -0.15) is 0 Å². The van der Waals surface area contributed by atoms with Gasteiger partial charge in [0.15, 0.2) is 0 Å². The van der Waals surface area contributed by atoms with E-state index in [0.717, 1.165) is 23.3 Å². The van der Waals surface area contributed by atoms with Gasteiger partial charge in [0.2, 0.25) is 0 Å². The summed E-state index contributed by atoms with van der Waals surface area (Å²) in [7, 11) is 1.65. The maximum atomic E-state index is 10.4. The number of aryl methyl sites for hydroxylation is 1. The molecule has 0 saturated heterocycles. The molecule has 2 nitrogen and oxygen atoms in total. The third-order valence-electron chi connectivity index (χ3n) is 3.42. The lowest BCUT2D eigenvalue weighted by Crippen LogP contribution is -2.21. The van der Waals surface area contributed by atoms with Crippen molar-refractivity contribution < 1.29 is 9.84 Å². The van der Waals surface area contributed by atoms with Crippen molar-refractivity contribution in [3.05, 3.63) is 29.3 Å². The van der Waals surface area contributed by atoms with Crippen molar-refractivity contribution in [3.63, 3.8) is 0 Å². The highest BCUT2D eigenvalue weighted by Crippen LogP contribution is 2.38. The van der Waals surface area contributed by atoms with Crippen molar-refractivity contribution in [1.29, 1.82) is 0 Å². The van der Waals surface area contributed by atoms with Gasteiger partial charge in [-0.25, -0.2) is 0 Å². The highest BCUT2D eigenvalue weighted by Gasteiger charge is 2.28. The molecule has 0 amide bonds. The number of aliphatic hydroxyl groups is 1. The Hall–Kier alpha value is -1.02. The van der Waals surface area contributed by atoms with Crippen LogP contribution in [0.25, 0.3) is 0 Å². The van der Waals surface area contributed by atoms with Gasteiger partial charge in [-0.3, -0.25) is 0 Å². The molecule has 1 aromatic rings.